The first-order valence-corrected chi connectivity index (χ1v) is 9.73. The highest BCUT2D eigenvalue weighted by atomic mass is 32.2. The zero-order chi connectivity index (χ0) is 16.9. The SMILES string of the molecule is CS(=O)(=O)N(CCC(=O)Nc1cccc(F)c1)C1CCCCC1. The summed E-state index contributed by atoms with van der Waals surface area (Å²) >= 11 is 0. The van der Waals surface area contributed by atoms with Crippen molar-refractivity contribution < 1.29 is 17.6 Å². The minimum atomic E-state index is -3.35. The van der Waals surface area contributed by atoms with Gasteiger partial charge in [-0.15, -0.1) is 0 Å². The van der Waals surface area contributed by atoms with Crippen LogP contribution in [-0.2, 0) is 14.8 Å². The molecule has 0 radical (unpaired) electrons. The highest BCUT2D eigenvalue weighted by Crippen LogP contribution is 2.24. The summed E-state index contributed by atoms with van der Waals surface area (Å²) in [7, 11) is -3.35. The van der Waals surface area contributed by atoms with E-state index in [1.54, 1.807) is 6.07 Å². The minimum absolute atomic E-state index is 0.0132. The van der Waals surface area contributed by atoms with Gasteiger partial charge in [-0.1, -0.05) is 25.3 Å². The number of amides is 1. The number of anilines is 1. The van der Waals surface area contributed by atoms with Gasteiger partial charge in [0.15, 0.2) is 0 Å². The lowest BCUT2D eigenvalue weighted by Gasteiger charge is -2.32. The van der Waals surface area contributed by atoms with Gasteiger partial charge < -0.3 is 5.32 Å². The van der Waals surface area contributed by atoms with E-state index >= 15 is 0 Å². The number of hydrogen-bond acceptors (Lipinski definition) is 3. The van der Waals surface area contributed by atoms with Gasteiger partial charge in [-0.25, -0.2) is 12.8 Å². The van der Waals surface area contributed by atoms with E-state index in [4.69, 9.17) is 0 Å². The van der Waals surface area contributed by atoms with Crippen molar-refractivity contribution in [1.29, 1.82) is 0 Å². The Bertz CT molecular complexity index is 642. The molecule has 0 spiro atoms. The van der Waals surface area contributed by atoms with Crippen LogP contribution in [0.5, 0.6) is 0 Å². The third-order valence-corrected chi connectivity index (χ3v) is 5.41. The maximum Gasteiger partial charge on any atom is 0.225 e. The molecule has 7 heteroatoms. The molecule has 2 rings (SSSR count). The number of nitrogens with zero attached hydrogens (tertiary/aromatic N) is 1. The lowest BCUT2D eigenvalue weighted by atomic mass is 9.95. The van der Waals surface area contributed by atoms with Crippen LogP contribution in [-0.4, -0.2) is 37.5 Å². The van der Waals surface area contributed by atoms with Crippen molar-refractivity contribution in [2.45, 2.75) is 44.6 Å². The van der Waals surface area contributed by atoms with Crippen LogP contribution < -0.4 is 5.32 Å². The Balaban J connectivity index is 1.93. The van der Waals surface area contributed by atoms with E-state index in [-0.39, 0.29) is 24.9 Å². The fourth-order valence-electron chi connectivity index (χ4n) is 2.99. The van der Waals surface area contributed by atoms with E-state index in [9.17, 15) is 17.6 Å². The van der Waals surface area contributed by atoms with Gasteiger partial charge in [0, 0.05) is 24.7 Å². The van der Waals surface area contributed by atoms with Crippen LogP contribution in [0.25, 0.3) is 0 Å². The monoisotopic (exact) mass is 342 g/mol. The van der Waals surface area contributed by atoms with E-state index < -0.39 is 15.8 Å². The van der Waals surface area contributed by atoms with Crippen molar-refractivity contribution in [1.82, 2.24) is 4.31 Å². The molecule has 0 saturated heterocycles. The second-order valence-electron chi connectivity index (χ2n) is 5.97. The Hall–Kier alpha value is -1.47. The topological polar surface area (TPSA) is 66.5 Å². The van der Waals surface area contributed by atoms with Gasteiger partial charge in [-0.3, -0.25) is 4.79 Å². The highest BCUT2D eigenvalue weighted by Gasteiger charge is 2.28. The number of rotatable bonds is 6. The lowest BCUT2D eigenvalue weighted by molar-refractivity contribution is -0.116. The maximum atomic E-state index is 13.1. The molecule has 0 bridgehead atoms. The molecule has 1 aliphatic rings. The molecule has 0 atom stereocenters. The van der Waals surface area contributed by atoms with Crippen molar-refractivity contribution >= 4 is 21.6 Å². The second kappa shape index (κ2) is 7.88. The molecule has 0 unspecified atom stereocenters. The molecule has 1 saturated carbocycles. The number of sulfonamides is 1. The van der Waals surface area contributed by atoms with E-state index in [2.05, 4.69) is 5.32 Å². The Morgan fingerprint density at radius 1 is 1.30 bits per heavy atom. The van der Waals surface area contributed by atoms with E-state index in [1.165, 1.54) is 28.8 Å². The molecule has 0 aliphatic heterocycles. The molecule has 1 aromatic carbocycles. The molecule has 1 fully saturated rings. The van der Waals surface area contributed by atoms with Crippen LogP contribution in [0.3, 0.4) is 0 Å². The van der Waals surface area contributed by atoms with Gasteiger partial charge in [0.25, 0.3) is 0 Å². The summed E-state index contributed by atoms with van der Waals surface area (Å²) in [5.74, 6) is -0.747. The average molecular weight is 342 g/mol. The van der Waals surface area contributed by atoms with Gasteiger partial charge in [0.2, 0.25) is 15.9 Å². The third-order valence-electron chi connectivity index (χ3n) is 4.08. The van der Waals surface area contributed by atoms with Crippen molar-refractivity contribution in [2.24, 2.45) is 0 Å². The molecule has 0 aromatic heterocycles. The van der Waals surface area contributed by atoms with Crippen molar-refractivity contribution in [3.05, 3.63) is 30.1 Å². The predicted molar refractivity (Wildman–Crippen MR) is 88.1 cm³/mol. The normalized spacial score (nSPS) is 16.5. The Labute approximate surface area is 136 Å². The molecule has 5 nitrogen and oxygen atoms in total. The van der Waals surface area contributed by atoms with E-state index in [1.807, 2.05) is 0 Å². The summed E-state index contributed by atoms with van der Waals surface area (Å²) in [4.78, 5) is 12.0. The fraction of sp³-hybridized carbons (Fsp3) is 0.562. The summed E-state index contributed by atoms with van der Waals surface area (Å²) in [6.45, 7) is 0.157. The molecule has 1 aromatic rings. The first-order chi connectivity index (χ1) is 10.9. The maximum absolute atomic E-state index is 13.1. The molecule has 0 heterocycles. The first kappa shape index (κ1) is 17.9. The van der Waals surface area contributed by atoms with Gasteiger partial charge >= 0.3 is 0 Å². The van der Waals surface area contributed by atoms with E-state index in [0.29, 0.717) is 5.69 Å². The molecule has 23 heavy (non-hydrogen) atoms. The van der Waals surface area contributed by atoms with Crippen LogP contribution in [0.4, 0.5) is 10.1 Å². The van der Waals surface area contributed by atoms with Crippen molar-refractivity contribution in [3.63, 3.8) is 0 Å². The minimum Gasteiger partial charge on any atom is -0.326 e. The highest BCUT2D eigenvalue weighted by molar-refractivity contribution is 7.88. The molecule has 1 amide bonds. The van der Waals surface area contributed by atoms with E-state index in [0.717, 1.165) is 32.1 Å². The first-order valence-electron chi connectivity index (χ1n) is 7.88. The zero-order valence-electron chi connectivity index (χ0n) is 13.3. The number of carbonyl (C=O) groups is 1. The number of carbonyl (C=O) groups excluding carboxylic acids is 1. The predicted octanol–water partition coefficient (Wildman–Crippen LogP) is 2.75. The van der Waals surface area contributed by atoms with Gasteiger partial charge in [0.05, 0.1) is 6.26 Å². The standard InChI is InChI=1S/C16H23FN2O3S/c1-23(21,22)19(15-8-3-2-4-9-15)11-10-16(20)18-14-7-5-6-13(17)12-14/h5-7,12,15H,2-4,8-11H2,1H3,(H,18,20). The number of hydrogen-bond donors (Lipinski definition) is 1. The summed E-state index contributed by atoms with van der Waals surface area (Å²) in [5, 5.41) is 2.59. The van der Waals surface area contributed by atoms with Gasteiger partial charge in [-0.05, 0) is 31.0 Å². The van der Waals surface area contributed by atoms with Crippen LogP contribution in [0, 0.1) is 5.82 Å². The van der Waals surface area contributed by atoms with Crippen LogP contribution in [0.15, 0.2) is 24.3 Å². The second-order valence-corrected chi connectivity index (χ2v) is 7.91. The number of halogens is 1. The fourth-order valence-corrected chi connectivity index (χ4v) is 4.16. The van der Waals surface area contributed by atoms with Crippen LogP contribution in [0.1, 0.15) is 38.5 Å². The van der Waals surface area contributed by atoms with Gasteiger partial charge in [0.1, 0.15) is 5.82 Å². The van der Waals surface area contributed by atoms with Crippen LogP contribution >= 0.6 is 0 Å². The Morgan fingerprint density at radius 3 is 2.61 bits per heavy atom. The summed E-state index contributed by atoms with van der Waals surface area (Å²) < 4.78 is 38.5. The van der Waals surface area contributed by atoms with Crippen molar-refractivity contribution in [3.8, 4) is 0 Å². The molecule has 1 N–H and O–H groups in total. The molecular weight excluding hydrogens is 319 g/mol. The third kappa shape index (κ3) is 5.58. The summed E-state index contributed by atoms with van der Waals surface area (Å²) in [5.41, 5.74) is 0.374. The van der Waals surface area contributed by atoms with Gasteiger partial charge in [-0.2, -0.15) is 4.31 Å². The zero-order valence-corrected chi connectivity index (χ0v) is 14.1. The molecule has 1 aliphatic carbocycles. The largest absolute Gasteiger partial charge is 0.326 e. The smallest absolute Gasteiger partial charge is 0.225 e. The van der Waals surface area contributed by atoms with Crippen molar-refractivity contribution in [2.75, 3.05) is 18.1 Å². The van der Waals surface area contributed by atoms with Crippen LogP contribution in [0.2, 0.25) is 0 Å². The molecule has 128 valence electrons. The summed E-state index contributed by atoms with van der Waals surface area (Å²) in [6.07, 6.45) is 6.11. The quantitative estimate of drug-likeness (QED) is 0.864. The lowest BCUT2D eigenvalue weighted by Crippen LogP contribution is -2.42. The molecular formula is C16H23FN2O3S. The average Bonchev–Trinajstić information content (AvgIpc) is 2.47. The Morgan fingerprint density at radius 2 is 2.00 bits per heavy atom. The Kier molecular flexibility index (Phi) is 6.12. The number of benzene rings is 1. The summed E-state index contributed by atoms with van der Waals surface area (Å²) in [6, 6.07) is 5.62. The number of nitrogens with one attached hydrogen (secondary N) is 1.